The number of carbonyl (C=O) groups excluding carboxylic acids is 1. The number of nitrogens with zero attached hydrogens (tertiary/aromatic N) is 3. The van der Waals surface area contributed by atoms with Gasteiger partial charge in [-0.1, -0.05) is 24.3 Å². The molecule has 0 fully saturated rings. The number of hydrogen-bond acceptors (Lipinski definition) is 5. The summed E-state index contributed by atoms with van der Waals surface area (Å²) in [7, 11) is 0. The van der Waals surface area contributed by atoms with Crippen LogP contribution in [-0.2, 0) is 6.42 Å². The summed E-state index contributed by atoms with van der Waals surface area (Å²) in [6, 6.07) is 16.0. The monoisotopic (exact) mass is 394 g/mol. The van der Waals surface area contributed by atoms with Crippen LogP contribution in [0.1, 0.15) is 21.1 Å². The number of thiophene rings is 1. The Kier molecular flexibility index (Phi) is 5.13. The van der Waals surface area contributed by atoms with Gasteiger partial charge in [-0.05, 0) is 36.6 Å². The van der Waals surface area contributed by atoms with E-state index < -0.39 is 0 Å². The summed E-state index contributed by atoms with van der Waals surface area (Å²) < 4.78 is 1.85. The maximum Gasteiger partial charge on any atom is 0.263 e. The van der Waals surface area contributed by atoms with Crippen LogP contribution in [0.4, 0.5) is 0 Å². The lowest BCUT2D eigenvalue weighted by Crippen LogP contribution is -2.25. The zero-order chi connectivity index (χ0) is 18.6. The molecule has 27 heavy (non-hydrogen) atoms. The smallest absolute Gasteiger partial charge is 0.263 e. The van der Waals surface area contributed by atoms with E-state index in [0.717, 1.165) is 27.0 Å². The lowest BCUT2D eigenvalue weighted by atomic mass is 10.3. The molecule has 3 aromatic heterocycles. The number of para-hydroxylation sites is 1. The average molecular weight is 395 g/mol. The molecule has 0 saturated carbocycles. The summed E-state index contributed by atoms with van der Waals surface area (Å²) in [5, 5.41) is 10.5. The fraction of sp³-hybridized carbons (Fsp3) is 0.150. The van der Waals surface area contributed by atoms with E-state index in [4.69, 9.17) is 0 Å². The number of benzene rings is 1. The highest BCUT2D eigenvalue weighted by Crippen LogP contribution is 2.30. The molecule has 0 atom stereocenters. The minimum Gasteiger partial charge on any atom is -0.351 e. The third-order valence-corrected chi connectivity index (χ3v) is 6.26. The molecule has 0 radical (unpaired) electrons. The molecule has 0 bridgehead atoms. The number of carbonyl (C=O) groups is 1. The zero-order valence-electron chi connectivity index (χ0n) is 14.8. The van der Waals surface area contributed by atoms with Crippen molar-refractivity contribution in [1.29, 1.82) is 0 Å². The molecule has 0 unspecified atom stereocenters. The van der Waals surface area contributed by atoms with Gasteiger partial charge in [-0.25, -0.2) is 9.67 Å². The van der Waals surface area contributed by atoms with Crippen molar-refractivity contribution in [3.8, 4) is 15.6 Å². The predicted octanol–water partition coefficient (Wildman–Crippen LogP) is 4.34. The number of amides is 1. The van der Waals surface area contributed by atoms with Crippen molar-refractivity contribution in [1.82, 2.24) is 20.1 Å². The van der Waals surface area contributed by atoms with Gasteiger partial charge < -0.3 is 5.32 Å². The summed E-state index contributed by atoms with van der Waals surface area (Å²) in [6.07, 6.45) is 2.62. The van der Waals surface area contributed by atoms with Gasteiger partial charge in [-0.15, -0.1) is 22.7 Å². The molecule has 7 heteroatoms. The molecule has 4 rings (SSSR count). The Morgan fingerprint density at radius 1 is 1.15 bits per heavy atom. The van der Waals surface area contributed by atoms with Crippen molar-refractivity contribution in [2.45, 2.75) is 13.3 Å². The topological polar surface area (TPSA) is 59.8 Å². The molecule has 1 aromatic carbocycles. The normalized spacial score (nSPS) is 10.9. The van der Waals surface area contributed by atoms with Crippen LogP contribution < -0.4 is 5.32 Å². The minimum atomic E-state index is -0.0738. The molecule has 3 heterocycles. The summed E-state index contributed by atoms with van der Waals surface area (Å²) in [6.45, 7) is 2.42. The number of rotatable bonds is 6. The highest BCUT2D eigenvalue weighted by Gasteiger charge is 2.16. The number of aryl methyl sites for hydroxylation is 1. The van der Waals surface area contributed by atoms with E-state index in [2.05, 4.69) is 15.4 Å². The number of thiazole rings is 1. The lowest BCUT2D eigenvalue weighted by Gasteiger charge is -2.03. The number of hydrogen-bond donors (Lipinski definition) is 1. The minimum absolute atomic E-state index is 0.0738. The molecule has 0 aliphatic carbocycles. The second-order valence-corrected chi connectivity index (χ2v) is 7.95. The molecule has 1 amide bonds. The van der Waals surface area contributed by atoms with Crippen molar-refractivity contribution in [2.24, 2.45) is 0 Å². The van der Waals surface area contributed by atoms with Gasteiger partial charge in [0.1, 0.15) is 9.88 Å². The molecule has 0 saturated heterocycles. The average Bonchev–Trinajstić information content (AvgIpc) is 3.43. The number of nitrogens with one attached hydrogen (secondary N) is 1. The molecule has 1 N–H and O–H groups in total. The van der Waals surface area contributed by atoms with E-state index in [1.807, 2.05) is 71.7 Å². The van der Waals surface area contributed by atoms with Gasteiger partial charge in [-0.2, -0.15) is 5.10 Å². The van der Waals surface area contributed by atoms with Crippen molar-refractivity contribution in [2.75, 3.05) is 6.54 Å². The largest absolute Gasteiger partial charge is 0.351 e. The zero-order valence-corrected chi connectivity index (χ0v) is 16.4. The molecule has 0 spiro atoms. The molecule has 5 nitrogen and oxygen atoms in total. The summed E-state index contributed by atoms with van der Waals surface area (Å²) in [5.74, 6) is -0.0738. The highest BCUT2D eigenvalue weighted by molar-refractivity contribution is 7.22. The standard InChI is InChI=1S/C20H18N4OS2/c1-14-18(27-20(22-14)17-8-5-13-26-17)19(25)21-11-9-15-10-12-24(23-15)16-6-3-2-4-7-16/h2-8,10,12-13H,9,11H2,1H3,(H,21,25). The van der Waals surface area contributed by atoms with E-state index in [0.29, 0.717) is 17.8 Å². The van der Waals surface area contributed by atoms with Crippen LogP contribution in [0.2, 0.25) is 0 Å². The Morgan fingerprint density at radius 3 is 2.78 bits per heavy atom. The SMILES string of the molecule is Cc1nc(-c2cccs2)sc1C(=O)NCCc1ccn(-c2ccccc2)n1. The lowest BCUT2D eigenvalue weighted by molar-refractivity contribution is 0.0957. The molecule has 0 aliphatic heterocycles. The fourth-order valence-electron chi connectivity index (χ4n) is 2.72. The van der Waals surface area contributed by atoms with Crippen LogP contribution in [0.5, 0.6) is 0 Å². The third-order valence-electron chi connectivity index (χ3n) is 4.07. The van der Waals surface area contributed by atoms with Crippen molar-refractivity contribution >= 4 is 28.6 Å². The van der Waals surface area contributed by atoms with Gasteiger partial charge in [0.25, 0.3) is 5.91 Å². The van der Waals surface area contributed by atoms with Crippen LogP contribution in [-0.4, -0.2) is 27.2 Å². The Hall–Kier alpha value is -2.77. The Morgan fingerprint density at radius 2 is 2.00 bits per heavy atom. The van der Waals surface area contributed by atoms with Gasteiger partial charge in [0, 0.05) is 19.2 Å². The van der Waals surface area contributed by atoms with Crippen molar-refractivity contribution in [3.05, 3.63) is 76.4 Å². The van der Waals surface area contributed by atoms with E-state index >= 15 is 0 Å². The van der Waals surface area contributed by atoms with E-state index in [9.17, 15) is 4.79 Å². The van der Waals surface area contributed by atoms with Crippen LogP contribution >= 0.6 is 22.7 Å². The summed E-state index contributed by atoms with van der Waals surface area (Å²) in [5.41, 5.74) is 2.74. The first kappa shape index (κ1) is 17.6. The maximum absolute atomic E-state index is 12.5. The second-order valence-electron chi connectivity index (χ2n) is 6.00. The quantitative estimate of drug-likeness (QED) is 0.529. The van der Waals surface area contributed by atoms with Gasteiger partial charge >= 0.3 is 0 Å². The summed E-state index contributed by atoms with van der Waals surface area (Å²) in [4.78, 5) is 18.8. The van der Waals surface area contributed by atoms with E-state index in [1.165, 1.54) is 11.3 Å². The Labute approximate surface area is 165 Å². The fourth-order valence-corrected chi connectivity index (χ4v) is 4.50. The van der Waals surface area contributed by atoms with E-state index in [-0.39, 0.29) is 5.91 Å². The van der Waals surface area contributed by atoms with Crippen molar-refractivity contribution < 1.29 is 4.79 Å². The highest BCUT2D eigenvalue weighted by atomic mass is 32.1. The third kappa shape index (κ3) is 3.99. The van der Waals surface area contributed by atoms with Gasteiger partial charge in [0.05, 0.1) is 22.0 Å². The first-order valence-corrected chi connectivity index (χ1v) is 10.3. The van der Waals surface area contributed by atoms with Gasteiger partial charge in [0.2, 0.25) is 0 Å². The predicted molar refractivity (Wildman–Crippen MR) is 110 cm³/mol. The molecule has 136 valence electrons. The first-order chi connectivity index (χ1) is 13.2. The Balaban J connectivity index is 1.36. The van der Waals surface area contributed by atoms with Crippen LogP contribution in [0.3, 0.4) is 0 Å². The van der Waals surface area contributed by atoms with Crippen LogP contribution in [0, 0.1) is 6.92 Å². The van der Waals surface area contributed by atoms with Gasteiger partial charge in [-0.3, -0.25) is 4.79 Å². The van der Waals surface area contributed by atoms with Gasteiger partial charge in [0.15, 0.2) is 0 Å². The van der Waals surface area contributed by atoms with Crippen molar-refractivity contribution in [3.63, 3.8) is 0 Å². The van der Waals surface area contributed by atoms with E-state index in [1.54, 1.807) is 11.3 Å². The first-order valence-electron chi connectivity index (χ1n) is 8.60. The maximum atomic E-state index is 12.5. The molecular weight excluding hydrogens is 376 g/mol. The van der Waals surface area contributed by atoms with Crippen LogP contribution in [0.15, 0.2) is 60.1 Å². The second kappa shape index (κ2) is 7.85. The molecule has 4 aromatic rings. The summed E-state index contributed by atoms with van der Waals surface area (Å²) >= 11 is 3.07. The molecule has 0 aliphatic rings. The number of aromatic nitrogens is 3. The molecular formula is C20H18N4OS2. The van der Waals surface area contributed by atoms with Crippen LogP contribution in [0.25, 0.3) is 15.6 Å². The Bertz CT molecular complexity index is 1040.